The highest BCUT2D eigenvalue weighted by atomic mass is 32.2. The van der Waals surface area contributed by atoms with E-state index in [4.69, 9.17) is 0 Å². The highest BCUT2D eigenvalue weighted by Gasteiger charge is 2.22. The Bertz CT molecular complexity index is 442. The highest BCUT2D eigenvalue weighted by Crippen LogP contribution is 2.24. The maximum Gasteiger partial charge on any atom is 0.220 e. The molecule has 1 unspecified atom stereocenters. The minimum Gasteiger partial charge on any atom is -0.298 e. The van der Waals surface area contributed by atoms with E-state index >= 15 is 0 Å². The molecule has 0 amide bonds. The van der Waals surface area contributed by atoms with Crippen LogP contribution in [-0.4, -0.2) is 16.1 Å². The number of rotatable bonds is 11. The molecule has 1 aromatic carbocycles. The fourth-order valence-corrected chi connectivity index (χ4v) is 3.52. The second-order valence-corrected chi connectivity index (χ2v) is 6.85. The van der Waals surface area contributed by atoms with Gasteiger partial charge in [0, 0.05) is 12.0 Å². The molecule has 0 radical (unpaired) electrons. The maximum atomic E-state index is 12.4. The molecule has 0 bridgehead atoms. The van der Waals surface area contributed by atoms with Crippen LogP contribution in [0, 0.1) is 0 Å². The lowest BCUT2D eigenvalue weighted by atomic mass is 10.1. The summed E-state index contributed by atoms with van der Waals surface area (Å²) in [6.07, 6.45) is 8.08. The van der Waals surface area contributed by atoms with Crippen LogP contribution in [0.1, 0.15) is 75.6 Å². The topological polar surface area (TPSA) is 34.1 Å². The molecule has 0 saturated carbocycles. The van der Waals surface area contributed by atoms with Gasteiger partial charge < -0.3 is 0 Å². The van der Waals surface area contributed by atoms with E-state index in [0.29, 0.717) is 12.0 Å². The molecule has 0 aliphatic rings. The zero-order chi connectivity index (χ0) is 16.2. The standard InChI is InChI=1S/C19H28O2S/c1-3-5-6-7-11-15-17(20)18(12-4-2)22-19(21)16-13-9-8-10-14-16/h8-10,13-14,18H,3-7,11-12,15H2,1-2H3. The Morgan fingerprint density at radius 1 is 0.955 bits per heavy atom. The van der Waals surface area contributed by atoms with Crippen LogP contribution in [0.4, 0.5) is 0 Å². The Balaban J connectivity index is 2.46. The smallest absolute Gasteiger partial charge is 0.220 e. The fraction of sp³-hybridized carbons (Fsp3) is 0.579. The van der Waals surface area contributed by atoms with Crippen molar-refractivity contribution in [3.05, 3.63) is 35.9 Å². The molecule has 0 aliphatic heterocycles. The third-order valence-electron chi connectivity index (χ3n) is 3.70. The minimum absolute atomic E-state index is 0.0124. The molecular weight excluding hydrogens is 292 g/mol. The number of hydrogen-bond acceptors (Lipinski definition) is 3. The molecule has 0 fully saturated rings. The molecule has 1 rings (SSSR count). The van der Waals surface area contributed by atoms with Crippen molar-refractivity contribution in [2.75, 3.05) is 0 Å². The second kappa shape index (κ2) is 11.5. The van der Waals surface area contributed by atoms with E-state index in [2.05, 4.69) is 13.8 Å². The van der Waals surface area contributed by atoms with E-state index in [1.54, 1.807) is 0 Å². The minimum atomic E-state index is -0.177. The summed E-state index contributed by atoms with van der Waals surface area (Å²) in [5.74, 6) is 0.243. The van der Waals surface area contributed by atoms with Crippen molar-refractivity contribution in [1.29, 1.82) is 0 Å². The summed E-state index contributed by atoms with van der Waals surface area (Å²) in [7, 11) is 0. The molecule has 1 atom stereocenters. The molecule has 0 saturated heterocycles. The van der Waals surface area contributed by atoms with Crippen LogP contribution in [0.15, 0.2) is 30.3 Å². The number of Topliss-reactive ketones (excluding diaryl/α,β-unsaturated/α-hetero) is 1. The van der Waals surface area contributed by atoms with E-state index in [1.165, 1.54) is 31.0 Å². The van der Waals surface area contributed by atoms with Crippen molar-refractivity contribution in [3.63, 3.8) is 0 Å². The molecule has 0 aromatic heterocycles. The van der Waals surface area contributed by atoms with Crippen molar-refractivity contribution in [2.24, 2.45) is 0 Å². The van der Waals surface area contributed by atoms with Gasteiger partial charge in [0.05, 0.1) is 5.25 Å². The number of hydrogen-bond donors (Lipinski definition) is 0. The summed E-state index contributed by atoms with van der Waals surface area (Å²) in [5, 5.41) is -0.165. The number of ketones is 1. The van der Waals surface area contributed by atoms with E-state index < -0.39 is 0 Å². The Morgan fingerprint density at radius 2 is 1.64 bits per heavy atom. The van der Waals surface area contributed by atoms with Gasteiger partial charge in [-0.05, 0) is 12.8 Å². The Labute approximate surface area is 139 Å². The maximum absolute atomic E-state index is 12.4. The van der Waals surface area contributed by atoms with E-state index in [9.17, 15) is 9.59 Å². The van der Waals surface area contributed by atoms with Gasteiger partial charge >= 0.3 is 0 Å². The van der Waals surface area contributed by atoms with Gasteiger partial charge in [-0.2, -0.15) is 0 Å². The van der Waals surface area contributed by atoms with Crippen LogP contribution < -0.4 is 0 Å². The van der Waals surface area contributed by atoms with Gasteiger partial charge in [0.15, 0.2) is 0 Å². The summed E-state index contributed by atoms with van der Waals surface area (Å²) in [6.45, 7) is 4.25. The van der Waals surface area contributed by atoms with Crippen LogP contribution in [0.25, 0.3) is 0 Å². The monoisotopic (exact) mass is 320 g/mol. The van der Waals surface area contributed by atoms with Crippen LogP contribution >= 0.6 is 11.8 Å². The Hall–Kier alpha value is -1.09. The first-order valence-electron chi connectivity index (χ1n) is 8.47. The lowest BCUT2D eigenvalue weighted by Crippen LogP contribution is -2.19. The van der Waals surface area contributed by atoms with Crippen LogP contribution in [0.3, 0.4) is 0 Å². The largest absolute Gasteiger partial charge is 0.298 e. The zero-order valence-corrected chi connectivity index (χ0v) is 14.7. The van der Waals surface area contributed by atoms with Gasteiger partial charge in [0.2, 0.25) is 5.12 Å². The highest BCUT2D eigenvalue weighted by molar-refractivity contribution is 8.15. The molecular formula is C19H28O2S. The molecule has 0 N–H and O–H groups in total. The Kier molecular flexibility index (Phi) is 9.89. The lowest BCUT2D eigenvalue weighted by Gasteiger charge is -2.13. The van der Waals surface area contributed by atoms with Gasteiger partial charge in [0.25, 0.3) is 0 Å². The summed E-state index contributed by atoms with van der Waals surface area (Å²) in [5.41, 5.74) is 0.685. The van der Waals surface area contributed by atoms with Crippen molar-refractivity contribution < 1.29 is 9.59 Å². The second-order valence-electron chi connectivity index (χ2n) is 5.68. The third-order valence-corrected chi connectivity index (χ3v) is 4.93. The summed E-state index contributed by atoms with van der Waals surface area (Å²) in [6, 6.07) is 9.24. The molecule has 22 heavy (non-hydrogen) atoms. The zero-order valence-electron chi connectivity index (χ0n) is 13.8. The first-order valence-corrected chi connectivity index (χ1v) is 9.35. The van der Waals surface area contributed by atoms with Crippen molar-refractivity contribution >= 4 is 22.7 Å². The predicted octanol–water partition coefficient (Wildman–Crippen LogP) is 5.66. The van der Waals surface area contributed by atoms with Crippen LogP contribution in [0.2, 0.25) is 0 Å². The van der Waals surface area contributed by atoms with Gasteiger partial charge in [-0.1, -0.05) is 88.0 Å². The first kappa shape index (κ1) is 19.0. The van der Waals surface area contributed by atoms with Crippen LogP contribution in [0.5, 0.6) is 0 Å². The summed E-state index contributed by atoms with van der Waals surface area (Å²) in [4.78, 5) is 24.6. The predicted molar refractivity (Wildman–Crippen MR) is 95.4 cm³/mol. The quantitative estimate of drug-likeness (QED) is 0.493. The first-order chi connectivity index (χ1) is 10.7. The molecule has 0 heterocycles. The molecule has 1 aromatic rings. The number of thioether (sulfide) groups is 1. The third kappa shape index (κ3) is 7.26. The van der Waals surface area contributed by atoms with Crippen molar-refractivity contribution in [3.8, 4) is 0 Å². The van der Waals surface area contributed by atoms with Crippen LogP contribution in [-0.2, 0) is 4.79 Å². The number of carbonyl (C=O) groups is 2. The average Bonchev–Trinajstić information content (AvgIpc) is 2.54. The Morgan fingerprint density at radius 3 is 2.27 bits per heavy atom. The van der Waals surface area contributed by atoms with Gasteiger partial charge in [-0.3, -0.25) is 9.59 Å². The number of carbonyl (C=O) groups excluding carboxylic acids is 2. The molecule has 0 spiro atoms. The molecule has 2 nitrogen and oxygen atoms in total. The fourth-order valence-electron chi connectivity index (χ4n) is 2.38. The van der Waals surface area contributed by atoms with Crippen molar-refractivity contribution in [1.82, 2.24) is 0 Å². The molecule has 3 heteroatoms. The van der Waals surface area contributed by atoms with E-state index in [1.807, 2.05) is 30.3 Å². The van der Waals surface area contributed by atoms with Gasteiger partial charge in [0.1, 0.15) is 5.78 Å². The lowest BCUT2D eigenvalue weighted by molar-refractivity contribution is -0.118. The van der Waals surface area contributed by atoms with Gasteiger partial charge in [-0.25, -0.2) is 0 Å². The number of unbranched alkanes of at least 4 members (excludes halogenated alkanes) is 4. The molecule has 122 valence electrons. The van der Waals surface area contributed by atoms with E-state index in [0.717, 1.165) is 25.7 Å². The summed E-state index contributed by atoms with van der Waals surface area (Å²) < 4.78 is 0. The summed E-state index contributed by atoms with van der Waals surface area (Å²) >= 11 is 1.21. The van der Waals surface area contributed by atoms with Gasteiger partial charge in [-0.15, -0.1) is 0 Å². The molecule has 0 aliphatic carbocycles. The average molecular weight is 320 g/mol. The van der Waals surface area contributed by atoms with Crippen molar-refractivity contribution in [2.45, 2.75) is 70.5 Å². The normalized spacial score (nSPS) is 12.1. The number of benzene rings is 1. The van der Waals surface area contributed by atoms with E-state index in [-0.39, 0.29) is 16.1 Å². The SMILES string of the molecule is CCCCCCCC(=O)C(CCC)SC(=O)c1ccccc1.